The summed E-state index contributed by atoms with van der Waals surface area (Å²) in [6.07, 6.45) is 1.51. The molecule has 0 saturated carbocycles. The first-order valence-corrected chi connectivity index (χ1v) is 11.0. The number of hydrogen-bond acceptors (Lipinski definition) is 5. The number of aromatic nitrogens is 1. The maximum absolute atomic E-state index is 11.8. The molecule has 7 nitrogen and oxygen atoms in total. The van der Waals surface area contributed by atoms with Gasteiger partial charge in [0.25, 0.3) is 5.91 Å². The number of halogens is 1. The number of hydrogen-bond donors (Lipinski definition) is 3. The summed E-state index contributed by atoms with van der Waals surface area (Å²) in [6, 6.07) is 18.5. The van der Waals surface area contributed by atoms with Gasteiger partial charge in [-0.3, -0.25) is 9.78 Å². The summed E-state index contributed by atoms with van der Waals surface area (Å²) < 4.78 is 10.6. The molecule has 1 aromatic heterocycles. The number of anilines is 2. The SMILES string of the molecule is COc1cc(OC)c(NC(=S)Nc2ccc(-c3ncc(C(N)=O)c4ccccc34)cc2)cc1Cl. The molecule has 172 valence electrons. The van der Waals surface area contributed by atoms with Gasteiger partial charge in [0.05, 0.1) is 36.2 Å². The lowest BCUT2D eigenvalue weighted by Gasteiger charge is -2.15. The quantitative estimate of drug-likeness (QED) is 0.306. The zero-order valence-corrected chi connectivity index (χ0v) is 20.0. The van der Waals surface area contributed by atoms with Crippen LogP contribution in [0.4, 0.5) is 11.4 Å². The third-order valence-corrected chi connectivity index (χ3v) is 5.70. The number of rotatable bonds is 6. The minimum absolute atomic E-state index is 0.363. The smallest absolute Gasteiger partial charge is 0.250 e. The number of fused-ring (bicyclic) bond motifs is 1. The molecule has 0 saturated heterocycles. The fraction of sp³-hybridized carbons (Fsp3) is 0.0800. The van der Waals surface area contributed by atoms with E-state index in [2.05, 4.69) is 15.6 Å². The van der Waals surface area contributed by atoms with E-state index in [1.807, 2.05) is 48.5 Å². The number of pyridine rings is 1. The monoisotopic (exact) mass is 492 g/mol. The van der Waals surface area contributed by atoms with E-state index in [-0.39, 0.29) is 0 Å². The Morgan fingerprint density at radius 3 is 2.29 bits per heavy atom. The van der Waals surface area contributed by atoms with Crippen molar-refractivity contribution in [3.63, 3.8) is 0 Å². The van der Waals surface area contributed by atoms with Crippen LogP contribution in [0.1, 0.15) is 10.4 Å². The number of amides is 1. The highest BCUT2D eigenvalue weighted by atomic mass is 35.5. The van der Waals surface area contributed by atoms with Crippen LogP contribution in [-0.2, 0) is 0 Å². The molecule has 0 spiro atoms. The Bertz CT molecular complexity index is 1390. The van der Waals surface area contributed by atoms with Crippen LogP contribution in [-0.4, -0.2) is 30.2 Å². The molecule has 0 atom stereocenters. The highest BCUT2D eigenvalue weighted by molar-refractivity contribution is 7.80. The molecule has 4 N–H and O–H groups in total. The maximum atomic E-state index is 11.8. The molecule has 0 aliphatic rings. The average molecular weight is 493 g/mol. The van der Waals surface area contributed by atoms with Crippen molar-refractivity contribution in [2.24, 2.45) is 5.73 Å². The molecule has 4 rings (SSSR count). The molecule has 0 aliphatic heterocycles. The van der Waals surface area contributed by atoms with Crippen LogP contribution >= 0.6 is 23.8 Å². The van der Waals surface area contributed by atoms with E-state index in [1.165, 1.54) is 13.3 Å². The number of benzene rings is 3. The van der Waals surface area contributed by atoms with Gasteiger partial charge in [0.1, 0.15) is 11.5 Å². The Balaban J connectivity index is 1.54. The number of thiocarbonyl (C=S) groups is 1. The van der Waals surface area contributed by atoms with Gasteiger partial charge in [0, 0.05) is 28.9 Å². The van der Waals surface area contributed by atoms with Crippen molar-refractivity contribution in [3.8, 4) is 22.8 Å². The highest BCUT2D eigenvalue weighted by Gasteiger charge is 2.13. The zero-order chi connectivity index (χ0) is 24.2. The van der Waals surface area contributed by atoms with Gasteiger partial charge in [-0.2, -0.15) is 0 Å². The maximum Gasteiger partial charge on any atom is 0.250 e. The first-order valence-electron chi connectivity index (χ1n) is 10.2. The van der Waals surface area contributed by atoms with Gasteiger partial charge >= 0.3 is 0 Å². The fourth-order valence-electron chi connectivity index (χ4n) is 3.57. The Morgan fingerprint density at radius 1 is 0.971 bits per heavy atom. The zero-order valence-electron chi connectivity index (χ0n) is 18.4. The second kappa shape index (κ2) is 9.94. The van der Waals surface area contributed by atoms with Gasteiger partial charge in [0.15, 0.2) is 5.11 Å². The topological polar surface area (TPSA) is 98.5 Å². The lowest BCUT2D eigenvalue weighted by molar-refractivity contribution is 0.100. The first-order chi connectivity index (χ1) is 16.4. The number of ether oxygens (including phenoxy) is 2. The number of methoxy groups -OCH3 is 2. The standard InChI is InChI=1S/C25H21ClN4O3S/c1-32-21-12-22(33-2)20(11-19(21)26)30-25(34)29-15-9-7-14(8-10-15)23-17-6-4-3-5-16(17)18(13-28-23)24(27)31/h3-13H,1-2H3,(H2,27,31)(H2,29,30,34). The summed E-state index contributed by atoms with van der Waals surface area (Å²) in [4.78, 5) is 16.3. The largest absolute Gasteiger partial charge is 0.495 e. The molecule has 0 aliphatic carbocycles. The molecule has 4 aromatic rings. The summed E-state index contributed by atoms with van der Waals surface area (Å²) in [5, 5.41) is 8.63. The molecule has 0 unspecified atom stereocenters. The second-order valence-corrected chi connectivity index (χ2v) is 8.09. The minimum atomic E-state index is -0.509. The van der Waals surface area contributed by atoms with Crippen LogP contribution < -0.4 is 25.8 Å². The number of nitrogens with zero attached hydrogens (tertiary/aromatic N) is 1. The van der Waals surface area contributed by atoms with Crippen molar-refractivity contribution >= 4 is 57.0 Å². The number of carbonyl (C=O) groups is 1. The van der Waals surface area contributed by atoms with Gasteiger partial charge in [-0.25, -0.2) is 0 Å². The summed E-state index contributed by atoms with van der Waals surface area (Å²) in [5.74, 6) is 0.534. The van der Waals surface area contributed by atoms with Crippen LogP contribution in [0, 0.1) is 0 Å². The van der Waals surface area contributed by atoms with Crippen molar-refractivity contribution in [2.75, 3.05) is 24.9 Å². The molecule has 0 radical (unpaired) electrons. The van der Waals surface area contributed by atoms with Crippen LogP contribution in [0.15, 0.2) is 66.9 Å². The summed E-state index contributed by atoms with van der Waals surface area (Å²) in [5.41, 5.74) is 8.92. The van der Waals surface area contributed by atoms with Gasteiger partial charge < -0.3 is 25.8 Å². The van der Waals surface area contributed by atoms with Crippen LogP contribution in [0.3, 0.4) is 0 Å². The van der Waals surface area contributed by atoms with Gasteiger partial charge in [-0.1, -0.05) is 48.0 Å². The Morgan fingerprint density at radius 2 is 1.65 bits per heavy atom. The fourth-order valence-corrected chi connectivity index (χ4v) is 4.04. The van der Waals surface area contributed by atoms with Crippen molar-refractivity contribution in [1.82, 2.24) is 4.98 Å². The number of nitrogens with one attached hydrogen (secondary N) is 2. The minimum Gasteiger partial charge on any atom is -0.495 e. The Kier molecular flexibility index (Phi) is 6.81. The third-order valence-electron chi connectivity index (χ3n) is 5.20. The molecule has 1 heterocycles. The third kappa shape index (κ3) is 4.73. The molecular formula is C25H21ClN4O3S. The first kappa shape index (κ1) is 23.3. The van der Waals surface area contributed by atoms with Crippen molar-refractivity contribution in [3.05, 3.63) is 77.4 Å². The summed E-state index contributed by atoms with van der Waals surface area (Å²) in [6.45, 7) is 0. The summed E-state index contributed by atoms with van der Waals surface area (Å²) in [7, 11) is 3.09. The van der Waals surface area contributed by atoms with E-state index in [9.17, 15) is 4.79 Å². The average Bonchev–Trinajstić information content (AvgIpc) is 2.84. The van der Waals surface area contributed by atoms with Gasteiger partial charge in [-0.05, 0) is 35.8 Å². The van der Waals surface area contributed by atoms with Crippen molar-refractivity contribution in [2.45, 2.75) is 0 Å². The molecule has 0 bridgehead atoms. The van der Waals surface area contributed by atoms with E-state index in [0.717, 1.165) is 27.7 Å². The Hall–Kier alpha value is -3.88. The number of carbonyl (C=O) groups excluding carboxylic acids is 1. The van der Waals surface area contributed by atoms with E-state index in [0.29, 0.717) is 32.9 Å². The predicted octanol–water partition coefficient (Wildman–Crippen LogP) is 5.48. The van der Waals surface area contributed by atoms with E-state index in [4.69, 9.17) is 39.0 Å². The van der Waals surface area contributed by atoms with Crippen molar-refractivity contribution in [1.29, 1.82) is 0 Å². The normalized spacial score (nSPS) is 10.6. The summed E-state index contributed by atoms with van der Waals surface area (Å²) >= 11 is 11.7. The Labute approximate surface area is 206 Å². The number of primary amides is 1. The molecule has 0 fully saturated rings. The highest BCUT2D eigenvalue weighted by Crippen LogP contribution is 2.36. The van der Waals surface area contributed by atoms with E-state index in [1.54, 1.807) is 19.2 Å². The van der Waals surface area contributed by atoms with Gasteiger partial charge in [-0.15, -0.1) is 0 Å². The van der Waals surface area contributed by atoms with Crippen LogP contribution in [0.25, 0.3) is 22.0 Å². The van der Waals surface area contributed by atoms with E-state index < -0.39 is 5.91 Å². The predicted molar refractivity (Wildman–Crippen MR) is 140 cm³/mol. The molecule has 1 amide bonds. The van der Waals surface area contributed by atoms with E-state index >= 15 is 0 Å². The van der Waals surface area contributed by atoms with Crippen LogP contribution in [0.2, 0.25) is 5.02 Å². The lowest BCUT2D eigenvalue weighted by Crippen LogP contribution is -2.19. The number of nitrogens with two attached hydrogens (primary N) is 1. The molecular weight excluding hydrogens is 472 g/mol. The molecule has 3 aromatic carbocycles. The second-order valence-electron chi connectivity index (χ2n) is 7.27. The van der Waals surface area contributed by atoms with Crippen molar-refractivity contribution < 1.29 is 14.3 Å². The van der Waals surface area contributed by atoms with Gasteiger partial charge in [0.2, 0.25) is 0 Å². The lowest BCUT2D eigenvalue weighted by atomic mass is 10.0. The molecule has 34 heavy (non-hydrogen) atoms. The molecule has 9 heteroatoms. The van der Waals surface area contributed by atoms with Crippen LogP contribution in [0.5, 0.6) is 11.5 Å².